The van der Waals surface area contributed by atoms with Crippen molar-refractivity contribution < 1.29 is 4.79 Å². The number of halogens is 1. The third-order valence-electron chi connectivity index (χ3n) is 2.35. The van der Waals surface area contributed by atoms with Crippen LogP contribution in [0.4, 0.5) is 0 Å². The molecule has 2 aromatic rings. The molecular weight excluding hydrogens is 334 g/mol. The molecule has 0 saturated heterocycles. The Bertz CT molecular complexity index is 690. The summed E-state index contributed by atoms with van der Waals surface area (Å²) >= 11 is 4.85. The second kappa shape index (κ2) is 5.54. The number of nitrogens with one attached hydrogen (secondary N) is 2. The van der Waals surface area contributed by atoms with E-state index in [1.807, 2.05) is 16.4 Å². The van der Waals surface area contributed by atoms with Gasteiger partial charge in [-0.1, -0.05) is 0 Å². The fourth-order valence-electron chi connectivity index (χ4n) is 1.53. The molecule has 6 nitrogen and oxygen atoms in total. The van der Waals surface area contributed by atoms with Gasteiger partial charge in [0, 0.05) is 27.8 Å². The van der Waals surface area contributed by atoms with Gasteiger partial charge < -0.3 is 9.88 Å². The third kappa shape index (κ3) is 3.42. The predicted octanol–water partition coefficient (Wildman–Crippen LogP) is 1.16. The summed E-state index contributed by atoms with van der Waals surface area (Å²) < 4.78 is 0.956. The van der Waals surface area contributed by atoms with Gasteiger partial charge in [-0.15, -0.1) is 11.3 Å². The van der Waals surface area contributed by atoms with E-state index in [4.69, 9.17) is 0 Å². The Kier molecular flexibility index (Phi) is 4.01. The molecule has 0 aromatic carbocycles. The molecular formula is C11H10BrN3O3S. The molecule has 0 spiro atoms. The van der Waals surface area contributed by atoms with Crippen LogP contribution >= 0.6 is 27.3 Å². The predicted molar refractivity (Wildman–Crippen MR) is 75.5 cm³/mol. The second-order valence-electron chi connectivity index (χ2n) is 3.89. The van der Waals surface area contributed by atoms with Crippen molar-refractivity contribution in [1.29, 1.82) is 0 Å². The van der Waals surface area contributed by atoms with Crippen LogP contribution in [0.15, 0.2) is 31.6 Å². The highest BCUT2D eigenvalue weighted by atomic mass is 79.9. The number of aromatic amines is 2. The molecule has 8 heteroatoms. The van der Waals surface area contributed by atoms with Crippen molar-refractivity contribution in [2.45, 2.75) is 6.54 Å². The quantitative estimate of drug-likeness (QED) is 0.876. The van der Waals surface area contributed by atoms with Crippen molar-refractivity contribution in [1.82, 2.24) is 14.9 Å². The zero-order chi connectivity index (χ0) is 14.0. The van der Waals surface area contributed by atoms with Crippen LogP contribution in [0.25, 0.3) is 0 Å². The van der Waals surface area contributed by atoms with Crippen LogP contribution in [0, 0.1) is 0 Å². The highest BCUT2D eigenvalue weighted by Crippen LogP contribution is 2.21. The summed E-state index contributed by atoms with van der Waals surface area (Å²) in [6.07, 6.45) is 0. The molecule has 2 heterocycles. The van der Waals surface area contributed by atoms with Crippen molar-refractivity contribution in [2.24, 2.45) is 0 Å². The van der Waals surface area contributed by atoms with Crippen molar-refractivity contribution in [3.05, 3.63) is 53.4 Å². The number of H-pyrrole nitrogens is 2. The Morgan fingerprint density at radius 2 is 2.11 bits per heavy atom. The molecule has 100 valence electrons. The van der Waals surface area contributed by atoms with Crippen molar-refractivity contribution in [2.75, 3.05) is 7.05 Å². The van der Waals surface area contributed by atoms with Gasteiger partial charge in [-0.3, -0.25) is 14.6 Å². The number of hydrogen-bond acceptors (Lipinski definition) is 4. The largest absolute Gasteiger partial charge is 0.335 e. The van der Waals surface area contributed by atoms with Crippen molar-refractivity contribution in [3.63, 3.8) is 0 Å². The van der Waals surface area contributed by atoms with Gasteiger partial charge >= 0.3 is 5.69 Å². The summed E-state index contributed by atoms with van der Waals surface area (Å²) in [5, 5.41) is 1.92. The Balaban J connectivity index is 2.19. The molecule has 2 aromatic heterocycles. The van der Waals surface area contributed by atoms with E-state index < -0.39 is 17.2 Å². The lowest BCUT2D eigenvalue weighted by Crippen LogP contribution is -2.32. The third-order valence-corrected chi connectivity index (χ3v) is 4.03. The van der Waals surface area contributed by atoms with E-state index >= 15 is 0 Å². The average molecular weight is 344 g/mol. The molecule has 2 rings (SSSR count). The molecule has 0 aliphatic heterocycles. The molecule has 0 fully saturated rings. The highest BCUT2D eigenvalue weighted by molar-refractivity contribution is 9.10. The molecule has 1 amide bonds. The van der Waals surface area contributed by atoms with Crippen LogP contribution in [0.2, 0.25) is 0 Å². The summed E-state index contributed by atoms with van der Waals surface area (Å²) in [6, 6.07) is 2.99. The maximum absolute atomic E-state index is 12.1. The fraction of sp³-hybridized carbons (Fsp3) is 0.182. The minimum atomic E-state index is -0.692. The first-order valence-electron chi connectivity index (χ1n) is 5.28. The van der Waals surface area contributed by atoms with E-state index in [0.29, 0.717) is 6.54 Å². The second-order valence-corrected chi connectivity index (χ2v) is 5.81. The van der Waals surface area contributed by atoms with E-state index in [-0.39, 0.29) is 5.69 Å². The number of thiophene rings is 1. The topological polar surface area (TPSA) is 86.0 Å². The number of nitrogens with zero attached hydrogens (tertiary/aromatic N) is 1. The lowest BCUT2D eigenvalue weighted by molar-refractivity contribution is 0.0780. The maximum Gasteiger partial charge on any atom is 0.326 e. The van der Waals surface area contributed by atoms with Crippen LogP contribution in [0.1, 0.15) is 15.4 Å². The summed E-state index contributed by atoms with van der Waals surface area (Å²) in [6.45, 7) is 0.407. The number of rotatable bonds is 3. The monoisotopic (exact) mass is 343 g/mol. The number of hydrogen-bond donors (Lipinski definition) is 2. The zero-order valence-electron chi connectivity index (χ0n) is 9.90. The van der Waals surface area contributed by atoms with E-state index in [0.717, 1.165) is 15.4 Å². The number of aromatic nitrogens is 2. The first-order chi connectivity index (χ1) is 8.95. The van der Waals surface area contributed by atoms with Crippen LogP contribution in [-0.2, 0) is 6.54 Å². The van der Waals surface area contributed by atoms with Crippen molar-refractivity contribution >= 4 is 33.2 Å². The van der Waals surface area contributed by atoms with Gasteiger partial charge in [-0.05, 0) is 22.0 Å². The molecule has 0 unspecified atom stereocenters. The van der Waals surface area contributed by atoms with E-state index in [2.05, 4.69) is 20.9 Å². The SMILES string of the molecule is CN(Cc1cc(Br)cs1)C(=O)c1cc(=O)[nH]c(=O)[nH]1. The zero-order valence-corrected chi connectivity index (χ0v) is 12.3. The van der Waals surface area contributed by atoms with E-state index in [1.165, 1.54) is 16.2 Å². The van der Waals surface area contributed by atoms with Gasteiger partial charge in [0.15, 0.2) is 0 Å². The Morgan fingerprint density at radius 3 is 2.68 bits per heavy atom. The lowest BCUT2D eigenvalue weighted by atomic mass is 10.3. The highest BCUT2D eigenvalue weighted by Gasteiger charge is 2.14. The van der Waals surface area contributed by atoms with Gasteiger partial charge in [-0.2, -0.15) is 0 Å². The van der Waals surface area contributed by atoms with Crippen molar-refractivity contribution in [3.8, 4) is 0 Å². The fourth-order valence-corrected chi connectivity index (χ4v) is 3.04. The van der Waals surface area contributed by atoms with Gasteiger partial charge in [-0.25, -0.2) is 4.79 Å². The minimum Gasteiger partial charge on any atom is -0.335 e. The van der Waals surface area contributed by atoms with Crippen LogP contribution < -0.4 is 11.2 Å². The normalized spacial score (nSPS) is 10.4. The number of carbonyl (C=O) groups excluding carboxylic acids is 1. The molecule has 2 N–H and O–H groups in total. The molecule has 0 aliphatic carbocycles. The molecule has 0 aliphatic rings. The maximum atomic E-state index is 12.1. The van der Waals surface area contributed by atoms with E-state index in [9.17, 15) is 14.4 Å². The minimum absolute atomic E-state index is 0.0214. The van der Waals surface area contributed by atoms with Crippen LogP contribution in [-0.4, -0.2) is 27.8 Å². The Hall–Kier alpha value is -1.67. The Morgan fingerprint density at radius 1 is 1.37 bits per heavy atom. The Labute approximate surface area is 120 Å². The van der Waals surface area contributed by atoms with Gasteiger partial charge in [0.2, 0.25) is 0 Å². The molecule has 0 bridgehead atoms. The standard InChI is InChI=1S/C11H10BrN3O3S/c1-15(4-7-2-6(12)5-19-7)10(17)8-3-9(16)14-11(18)13-8/h2-3,5H,4H2,1H3,(H2,13,14,16,18). The lowest BCUT2D eigenvalue weighted by Gasteiger charge is -2.15. The van der Waals surface area contributed by atoms with Gasteiger partial charge in [0.05, 0.1) is 6.54 Å². The summed E-state index contributed by atoms with van der Waals surface area (Å²) in [7, 11) is 1.61. The summed E-state index contributed by atoms with van der Waals surface area (Å²) in [5.74, 6) is -0.410. The van der Waals surface area contributed by atoms with Crippen LogP contribution in [0.5, 0.6) is 0 Å². The number of carbonyl (C=O) groups is 1. The average Bonchev–Trinajstić information content (AvgIpc) is 2.72. The van der Waals surface area contributed by atoms with Gasteiger partial charge in [0.25, 0.3) is 11.5 Å². The smallest absolute Gasteiger partial charge is 0.326 e. The summed E-state index contributed by atoms with van der Waals surface area (Å²) in [4.78, 5) is 41.1. The molecule has 0 radical (unpaired) electrons. The first-order valence-corrected chi connectivity index (χ1v) is 6.95. The molecule has 19 heavy (non-hydrogen) atoms. The van der Waals surface area contributed by atoms with Gasteiger partial charge in [0.1, 0.15) is 5.69 Å². The first kappa shape index (κ1) is 13.8. The molecule has 0 saturated carbocycles. The van der Waals surface area contributed by atoms with Crippen LogP contribution in [0.3, 0.4) is 0 Å². The summed E-state index contributed by atoms with van der Waals surface area (Å²) in [5.41, 5.74) is -1.31. The number of amides is 1. The molecule has 0 atom stereocenters. The van der Waals surface area contributed by atoms with E-state index in [1.54, 1.807) is 7.05 Å².